The molecule has 1 N–H and O–H groups in total. The predicted octanol–water partition coefficient (Wildman–Crippen LogP) is 2.54. The second-order valence-corrected chi connectivity index (χ2v) is 6.54. The molecule has 2 amide bonds. The zero-order chi connectivity index (χ0) is 19.7. The lowest BCUT2D eigenvalue weighted by atomic mass is 10.1. The fraction of sp³-hybridized carbons (Fsp3) is 0.190. The first-order valence-corrected chi connectivity index (χ1v) is 8.86. The summed E-state index contributed by atoms with van der Waals surface area (Å²) >= 11 is 0. The maximum Gasteiger partial charge on any atom is 0.270 e. The second kappa shape index (κ2) is 7.08. The predicted molar refractivity (Wildman–Crippen MR) is 104 cm³/mol. The normalized spacial score (nSPS) is 14.2. The lowest BCUT2D eigenvalue weighted by molar-refractivity contribution is -0.120. The van der Waals surface area contributed by atoms with Crippen molar-refractivity contribution in [1.82, 2.24) is 9.88 Å². The van der Waals surface area contributed by atoms with E-state index in [-0.39, 0.29) is 18.4 Å². The van der Waals surface area contributed by atoms with Crippen LogP contribution in [0.4, 0.5) is 5.69 Å². The van der Waals surface area contributed by atoms with E-state index in [9.17, 15) is 14.9 Å². The van der Waals surface area contributed by atoms with Crippen LogP contribution in [0.5, 0.6) is 5.75 Å². The van der Waals surface area contributed by atoms with Crippen LogP contribution in [0.2, 0.25) is 0 Å². The van der Waals surface area contributed by atoms with Crippen LogP contribution in [-0.2, 0) is 4.79 Å². The molecule has 140 valence electrons. The van der Waals surface area contributed by atoms with Crippen molar-refractivity contribution in [2.24, 2.45) is 0 Å². The van der Waals surface area contributed by atoms with Gasteiger partial charge in [-0.25, -0.2) is 0 Å². The molecule has 0 radical (unpaired) electrons. The van der Waals surface area contributed by atoms with Crippen LogP contribution in [0.1, 0.15) is 16.1 Å². The SMILES string of the molecule is COc1ccc2[nH]c(C(=O)N3CCN(c4ccccc4C#N)C(=O)C3)cc2c1. The molecule has 2 aromatic carbocycles. The first-order chi connectivity index (χ1) is 13.6. The van der Waals surface area contributed by atoms with Gasteiger partial charge in [-0.2, -0.15) is 5.26 Å². The minimum absolute atomic E-state index is 0.0305. The van der Waals surface area contributed by atoms with Crippen molar-refractivity contribution in [1.29, 1.82) is 5.26 Å². The lowest BCUT2D eigenvalue weighted by Gasteiger charge is -2.34. The summed E-state index contributed by atoms with van der Waals surface area (Å²) in [6.45, 7) is 0.706. The summed E-state index contributed by atoms with van der Waals surface area (Å²) < 4.78 is 5.21. The second-order valence-electron chi connectivity index (χ2n) is 6.54. The summed E-state index contributed by atoms with van der Waals surface area (Å²) in [6.07, 6.45) is 0. The smallest absolute Gasteiger partial charge is 0.270 e. The van der Waals surface area contributed by atoms with Gasteiger partial charge < -0.3 is 19.5 Å². The van der Waals surface area contributed by atoms with Gasteiger partial charge in [0, 0.05) is 24.0 Å². The number of aromatic amines is 1. The summed E-state index contributed by atoms with van der Waals surface area (Å²) in [4.78, 5) is 31.7. The van der Waals surface area contributed by atoms with Crippen molar-refractivity contribution in [2.75, 3.05) is 31.6 Å². The Morgan fingerprint density at radius 1 is 1.18 bits per heavy atom. The minimum Gasteiger partial charge on any atom is -0.497 e. The van der Waals surface area contributed by atoms with E-state index >= 15 is 0 Å². The van der Waals surface area contributed by atoms with Crippen LogP contribution in [0.15, 0.2) is 48.5 Å². The molecule has 0 atom stereocenters. The molecule has 0 saturated carbocycles. The number of hydrogen-bond donors (Lipinski definition) is 1. The Balaban J connectivity index is 1.53. The number of benzene rings is 2. The van der Waals surface area contributed by atoms with E-state index in [1.165, 1.54) is 4.90 Å². The average Bonchev–Trinajstić information content (AvgIpc) is 3.16. The molecule has 1 aromatic heterocycles. The number of aromatic nitrogens is 1. The molecule has 28 heavy (non-hydrogen) atoms. The minimum atomic E-state index is -0.225. The van der Waals surface area contributed by atoms with Gasteiger partial charge in [-0.15, -0.1) is 0 Å². The van der Waals surface area contributed by atoms with Crippen molar-refractivity contribution in [3.8, 4) is 11.8 Å². The van der Waals surface area contributed by atoms with Gasteiger partial charge in [0.05, 0.1) is 18.4 Å². The number of carbonyl (C=O) groups is 2. The fourth-order valence-corrected chi connectivity index (χ4v) is 3.43. The molecule has 0 unspecified atom stereocenters. The van der Waals surface area contributed by atoms with Gasteiger partial charge in [-0.3, -0.25) is 9.59 Å². The van der Waals surface area contributed by atoms with E-state index in [0.717, 1.165) is 10.9 Å². The number of ether oxygens (including phenoxy) is 1. The van der Waals surface area contributed by atoms with Gasteiger partial charge in [-0.1, -0.05) is 12.1 Å². The quantitative estimate of drug-likeness (QED) is 0.763. The number of nitrogens with zero attached hydrogens (tertiary/aromatic N) is 3. The largest absolute Gasteiger partial charge is 0.497 e. The number of anilines is 1. The highest BCUT2D eigenvalue weighted by Gasteiger charge is 2.30. The molecule has 0 aliphatic carbocycles. The lowest BCUT2D eigenvalue weighted by Crippen LogP contribution is -2.52. The molecule has 7 heteroatoms. The highest BCUT2D eigenvalue weighted by molar-refractivity contribution is 6.03. The Morgan fingerprint density at radius 2 is 2.00 bits per heavy atom. The van der Waals surface area contributed by atoms with E-state index < -0.39 is 0 Å². The maximum atomic E-state index is 12.9. The van der Waals surface area contributed by atoms with E-state index in [1.54, 1.807) is 42.3 Å². The molecule has 4 rings (SSSR count). The van der Waals surface area contributed by atoms with Gasteiger partial charge in [0.1, 0.15) is 24.1 Å². The van der Waals surface area contributed by atoms with Crippen molar-refractivity contribution < 1.29 is 14.3 Å². The number of hydrogen-bond acceptors (Lipinski definition) is 4. The molecule has 0 spiro atoms. The van der Waals surface area contributed by atoms with E-state index in [4.69, 9.17) is 4.74 Å². The Labute approximate surface area is 161 Å². The molecule has 1 aliphatic heterocycles. The van der Waals surface area contributed by atoms with Crippen LogP contribution in [0, 0.1) is 11.3 Å². The number of rotatable bonds is 3. The highest BCUT2D eigenvalue weighted by atomic mass is 16.5. The summed E-state index contributed by atoms with van der Waals surface area (Å²) in [5, 5.41) is 10.1. The Bertz CT molecular complexity index is 1110. The van der Waals surface area contributed by atoms with Gasteiger partial charge in [0.15, 0.2) is 0 Å². The zero-order valence-corrected chi connectivity index (χ0v) is 15.3. The number of carbonyl (C=O) groups excluding carboxylic acids is 2. The van der Waals surface area contributed by atoms with Crippen molar-refractivity contribution in [2.45, 2.75) is 0 Å². The third-order valence-electron chi connectivity index (χ3n) is 4.88. The Kier molecular flexibility index (Phi) is 4.45. The molecular weight excluding hydrogens is 356 g/mol. The van der Waals surface area contributed by atoms with Gasteiger partial charge in [0.25, 0.3) is 5.91 Å². The number of nitriles is 1. The standard InChI is InChI=1S/C21H18N4O3/c1-28-16-6-7-17-15(10-16)11-18(23-17)21(27)24-8-9-25(20(26)13-24)19-5-3-2-4-14(19)12-22/h2-7,10-11,23H,8-9,13H2,1H3. The summed E-state index contributed by atoms with van der Waals surface area (Å²) in [5.41, 5.74) is 2.29. The van der Waals surface area contributed by atoms with Crippen LogP contribution < -0.4 is 9.64 Å². The summed E-state index contributed by atoms with van der Waals surface area (Å²) in [6, 6.07) is 16.4. The number of methoxy groups -OCH3 is 1. The van der Waals surface area contributed by atoms with Gasteiger partial charge in [-0.05, 0) is 36.4 Å². The number of para-hydroxylation sites is 1. The van der Waals surface area contributed by atoms with Crippen LogP contribution in [0.25, 0.3) is 10.9 Å². The topological polar surface area (TPSA) is 89.4 Å². The van der Waals surface area contributed by atoms with Crippen LogP contribution in [0.3, 0.4) is 0 Å². The molecule has 3 aromatic rings. The molecule has 0 bridgehead atoms. The van der Waals surface area contributed by atoms with Gasteiger partial charge >= 0.3 is 0 Å². The summed E-state index contributed by atoms with van der Waals surface area (Å²) in [7, 11) is 1.59. The molecule has 1 aliphatic rings. The van der Waals surface area contributed by atoms with E-state index in [2.05, 4.69) is 11.1 Å². The Hall–Kier alpha value is -3.79. The average molecular weight is 374 g/mol. The third-order valence-corrected chi connectivity index (χ3v) is 4.88. The number of nitrogens with one attached hydrogen (secondary N) is 1. The molecular formula is C21H18N4O3. The van der Waals surface area contributed by atoms with Crippen molar-refractivity contribution in [3.63, 3.8) is 0 Å². The maximum absolute atomic E-state index is 12.9. The number of fused-ring (bicyclic) bond motifs is 1. The van der Waals surface area contributed by atoms with Crippen molar-refractivity contribution >= 4 is 28.4 Å². The highest BCUT2D eigenvalue weighted by Crippen LogP contribution is 2.24. The number of amides is 2. The molecule has 1 saturated heterocycles. The van der Waals surface area contributed by atoms with E-state index in [0.29, 0.717) is 35.8 Å². The van der Waals surface area contributed by atoms with Crippen LogP contribution in [-0.4, -0.2) is 48.4 Å². The first-order valence-electron chi connectivity index (χ1n) is 8.86. The van der Waals surface area contributed by atoms with Crippen molar-refractivity contribution in [3.05, 3.63) is 59.8 Å². The molecule has 1 fully saturated rings. The first kappa shape index (κ1) is 17.6. The van der Waals surface area contributed by atoms with Crippen LogP contribution >= 0.6 is 0 Å². The third kappa shape index (κ3) is 3.05. The fourth-order valence-electron chi connectivity index (χ4n) is 3.43. The molecule has 7 nitrogen and oxygen atoms in total. The zero-order valence-electron chi connectivity index (χ0n) is 15.3. The number of H-pyrrole nitrogens is 1. The monoisotopic (exact) mass is 374 g/mol. The van der Waals surface area contributed by atoms with Gasteiger partial charge in [0.2, 0.25) is 5.91 Å². The van der Waals surface area contributed by atoms with E-state index in [1.807, 2.05) is 18.2 Å². The summed E-state index contributed by atoms with van der Waals surface area (Å²) in [5.74, 6) is 0.280. The Morgan fingerprint density at radius 3 is 2.75 bits per heavy atom. The molecule has 2 heterocycles. The number of piperazine rings is 1.